The third kappa shape index (κ3) is 2.65. The fraction of sp³-hybridized carbons (Fsp3) is 0.278. The van der Waals surface area contributed by atoms with Gasteiger partial charge in [-0.15, -0.1) is 0 Å². The molecule has 5 rings (SSSR count). The number of hydrogen-bond donors (Lipinski definition) is 1. The van der Waals surface area contributed by atoms with Crippen LogP contribution in [0.15, 0.2) is 70.2 Å². The van der Waals surface area contributed by atoms with Crippen molar-refractivity contribution in [2.24, 2.45) is 28.8 Å². The highest BCUT2D eigenvalue weighted by molar-refractivity contribution is 7.89. The van der Waals surface area contributed by atoms with Crippen molar-refractivity contribution in [3.63, 3.8) is 0 Å². The van der Waals surface area contributed by atoms with E-state index in [-0.39, 0.29) is 10.8 Å². The number of nitrogens with zero attached hydrogens (tertiary/aromatic N) is 1. The summed E-state index contributed by atoms with van der Waals surface area (Å²) in [6, 6.07) is 6.71. The zero-order valence-corrected chi connectivity index (χ0v) is 13.6. The first-order valence-corrected chi connectivity index (χ1v) is 9.23. The number of nitrogens with one attached hydrogen (secondary N) is 1. The summed E-state index contributed by atoms with van der Waals surface area (Å²) in [5.74, 6) is 1.98. The molecule has 0 heterocycles. The Balaban J connectivity index is 1.51. The monoisotopic (exact) mass is 326 g/mol. The number of rotatable bonds is 4. The molecule has 2 atom stereocenters. The molecule has 4 bridgehead atoms. The van der Waals surface area contributed by atoms with E-state index in [1.54, 1.807) is 30.5 Å². The van der Waals surface area contributed by atoms with Crippen LogP contribution in [0.3, 0.4) is 0 Å². The van der Waals surface area contributed by atoms with Crippen molar-refractivity contribution < 1.29 is 8.42 Å². The summed E-state index contributed by atoms with van der Waals surface area (Å²) >= 11 is 0. The van der Waals surface area contributed by atoms with Crippen molar-refractivity contribution >= 4 is 16.2 Å². The van der Waals surface area contributed by atoms with Crippen LogP contribution in [0.1, 0.15) is 5.56 Å². The molecule has 4 aliphatic carbocycles. The minimum absolute atomic E-state index is 0.197. The van der Waals surface area contributed by atoms with Gasteiger partial charge >= 0.3 is 0 Å². The van der Waals surface area contributed by atoms with Gasteiger partial charge < -0.3 is 0 Å². The summed E-state index contributed by atoms with van der Waals surface area (Å²) in [6.07, 6.45) is 12.8. The molecule has 118 valence electrons. The lowest BCUT2D eigenvalue weighted by molar-refractivity contribution is 0.584. The molecule has 5 heteroatoms. The van der Waals surface area contributed by atoms with Crippen LogP contribution in [0, 0.1) is 30.6 Å². The Bertz CT molecular complexity index is 828. The van der Waals surface area contributed by atoms with E-state index in [9.17, 15) is 8.42 Å². The topological polar surface area (TPSA) is 58.5 Å². The first-order chi connectivity index (χ1) is 11.0. The fourth-order valence-corrected chi connectivity index (χ4v) is 4.10. The molecule has 23 heavy (non-hydrogen) atoms. The molecule has 1 saturated carbocycles. The van der Waals surface area contributed by atoms with Gasteiger partial charge in [0.2, 0.25) is 0 Å². The fourth-order valence-electron chi connectivity index (χ4n) is 3.31. The van der Waals surface area contributed by atoms with Crippen LogP contribution < -0.4 is 4.83 Å². The van der Waals surface area contributed by atoms with Gasteiger partial charge in [-0.2, -0.15) is 13.5 Å². The van der Waals surface area contributed by atoms with Gasteiger partial charge in [-0.3, -0.25) is 0 Å². The molecule has 1 fully saturated rings. The van der Waals surface area contributed by atoms with E-state index >= 15 is 0 Å². The Morgan fingerprint density at radius 2 is 1.65 bits per heavy atom. The zero-order chi connectivity index (χ0) is 16.0. The normalized spacial score (nSPS) is 30.9. The minimum atomic E-state index is -3.62. The average Bonchev–Trinajstić information content (AvgIpc) is 3.25. The molecular weight excluding hydrogens is 308 g/mol. The Morgan fingerprint density at radius 3 is 2.30 bits per heavy atom. The highest BCUT2D eigenvalue weighted by atomic mass is 32.2. The van der Waals surface area contributed by atoms with Crippen molar-refractivity contribution in [1.82, 2.24) is 4.83 Å². The summed E-state index contributed by atoms with van der Waals surface area (Å²) in [6.45, 7) is 1.92. The number of sulfonamides is 1. The summed E-state index contributed by atoms with van der Waals surface area (Å²) < 4.78 is 24.4. The molecule has 0 aliphatic heterocycles. The SMILES string of the molecule is Cc1ccc(S(=O)(=O)N/N=C/C2=CC3[C@H]4C=CC2C=C[C@H]34)cc1. The highest BCUT2D eigenvalue weighted by Crippen LogP contribution is 2.53. The second kappa shape index (κ2) is 5.20. The standard InChI is InChI=1S/C18H18N2O2S/c1-12-2-6-15(7-3-12)23(21,22)20-19-11-14-10-18-16-8-4-13(14)5-9-17(16)18/h2-11,13,16-18,20H,1H3/b19-11+/t13?,16-,17-,18?/m0/s1. The van der Waals surface area contributed by atoms with Crippen LogP contribution in [0.4, 0.5) is 0 Å². The minimum Gasteiger partial charge on any atom is -0.200 e. The van der Waals surface area contributed by atoms with Gasteiger partial charge in [0.05, 0.1) is 11.1 Å². The number of hydrogen-bond acceptors (Lipinski definition) is 3. The van der Waals surface area contributed by atoms with E-state index < -0.39 is 10.0 Å². The quantitative estimate of drug-likeness (QED) is 0.525. The zero-order valence-electron chi connectivity index (χ0n) is 12.8. The van der Waals surface area contributed by atoms with E-state index in [1.165, 1.54) is 0 Å². The number of benzene rings is 1. The second-order valence-electron chi connectivity index (χ2n) is 6.36. The van der Waals surface area contributed by atoms with Crippen molar-refractivity contribution in [3.05, 3.63) is 65.8 Å². The Labute approximate surface area is 136 Å². The highest BCUT2D eigenvalue weighted by Gasteiger charge is 2.47. The average molecular weight is 326 g/mol. The van der Waals surface area contributed by atoms with E-state index in [0.717, 1.165) is 11.1 Å². The molecule has 4 aliphatic rings. The van der Waals surface area contributed by atoms with Gasteiger partial charge in [0.15, 0.2) is 0 Å². The molecule has 4 nitrogen and oxygen atoms in total. The maximum Gasteiger partial charge on any atom is 0.276 e. The molecule has 1 aromatic carbocycles. The Kier molecular flexibility index (Phi) is 3.27. The summed E-state index contributed by atoms with van der Waals surface area (Å²) in [4.78, 5) is 2.52. The second-order valence-corrected chi connectivity index (χ2v) is 8.02. The molecule has 0 unspecified atom stereocenters. The molecule has 0 amide bonds. The van der Waals surface area contributed by atoms with Crippen LogP contribution >= 0.6 is 0 Å². The third-order valence-electron chi connectivity index (χ3n) is 4.76. The Hall–Kier alpha value is -2.14. The molecule has 0 radical (unpaired) electrons. The largest absolute Gasteiger partial charge is 0.276 e. The van der Waals surface area contributed by atoms with E-state index in [4.69, 9.17) is 0 Å². The maximum absolute atomic E-state index is 12.2. The lowest BCUT2D eigenvalue weighted by Gasteiger charge is -2.07. The lowest BCUT2D eigenvalue weighted by Crippen LogP contribution is -2.18. The summed E-state index contributed by atoms with van der Waals surface area (Å²) in [5.41, 5.74) is 2.07. The summed E-state index contributed by atoms with van der Waals surface area (Å²) in [5, 5.41) is 3.98. The van der Waals surface area contributed by atoms with Crippen molar-refractivity contribution in [2.45, 2.75) is 11.8 Å². The van der Waals surface area contributed by atoms with E-state index in [1.807, 2.05) is 6.92 Å². The molecule has 1 aromatic rings. The molecular formula is C18H18N2O2S. The molecule has 0 saturated heterocycles. The molecule has 1 N–H and O–H groups in total. The smallest absolute Gasteiger partial charge is 0.200 e. The van der Waals surface area contributed by atoms with Gasteiger partial charge in [-0.25, -0.2) is 4.83 Å². The van der Waals surface area contributed by atoms with Crippen molar-refractivity contribution in [3.8, 4) is 0 Å². The first-order valence-electron chi connectivity index (χ1n) is 7.74. The van der Waals surface area contributed by atoms with Crippen LogP contribution in [-0.2, 0) is 10.0 Å². The van der Waals surface area contributed by atoms with Crippen molar-refractivity contribution in [1.29, 1.82) is 0 Å². The van der Waals surface area contributed by atoms with Gasteiger partial charge in [0, 0.05) is 5.92 Å². The molecule has 0 spiro atoms. The van der Waals surface area contributed by atoms with Crippen LogP contribution in [0.25, 0.3) is 0 Å². The van der Waals surface area contributed by atoms with E-state index in [0.29, 0.717) is 17.8 Å². The predicted molar refractivity (Wildman–Crippen MR) is 90.3 cm³/mol. The van der Waals surface area contributed by atoms with Gasteiger partial charge in [0.25, 0.3) is 10.0 Å². The van der Waals surface area contributed by atoms with Gasteiger partial charge in [0.1, 0.15) is 0 Å². The lowest BCUT2D eigenvalue weighted by atomic mass is 10.0. The maximum atomic E-state index is 12.2. The van der Waals surface area contributed by atoms with Crippen LogP contribution in [-0.4, -0.2) is 14.6 Å². The van der Waals surface area contributed by atoms with Crippen LogP contribution in [0.5, 0.6) is 0 Å². The first kappa shape index (κ1) is 14.5. The number of allylic oxidation sites excluding steroid dienone is 6. The van der Waals surface area contributed by atoms with Crippen LogP contribution in [0.2, 0.25) is 0 Å². The van der Waals surface area contributed by atoms with E-state index in [2.05, 4.69) is 40.3 Å². The number of aryl methyl sites for hydroxylation is 1. The predicted octanol–water partition coefficient (Wildman–Crippen LogP) is 2.80. The summed E-state index contributed by atoms with van der Waals surface area (Å²) in [7, 11) is -3.62. The number of hydrazone groups is 1. The van der Waals surface area contributed by atoms with Crippen molar-refractivity contribution in [2.75, 3.05) is 0 Å². The Morgan fingerprint density at radius 1 is 1.00 bits per heavy atom. The third-order valence-corrected chi connectivity index (χ3v) is 6.00. The van der Waals surface area contributed by atoms with Gasteiger partial charge in [-0.1, -0.05) is 48.1 Å². The van der Waals surface area contributed by atoms with Gasteiger partial charge in [-0.05, 0) is 42.4 Å². The molecule has 0 aromatic heterocycles.